The Balaban J connectivity index is 1.63. The Morgan fingerprint density at radius 3 is 2.62 bits per heavy atom. The SMILES string of the molecule is CCOC(=O)c1[nH]c([C@@H]2CCCCCN2C(=O)O)nc1-c1ccc(C(=O)Nc2cc(CC)ccn2)cc1. The maximum absolute atomic E-state index is 12.8. The molecule has 1 aromatic carbocycles. The number of likely N-dealkylation sites (tertiary alicyclic amines) is 1. The summed E-state index contributed by atoms with van der Waals surface area (Å²) >= 11 is 0. The number of aryl methyl sites for hydroxylation is 1. The van der Waals surface area contributed by atoms with Gasteiger partial charge < -0.3 is 20.1 Å². The number of imidazole rings is 1. The molecule has 1 atom stereocenters. The Bertz CT molecular complexity index is 1270. The van der Waals surface area contributed by atoms with Crippen LogP contribution < -0.4 is 5.32 Å². The van der Waals surface area contributed by atoms with Gasteiger partial charge in [-0.3, -0.25) is 9.69 Å². The molecule has 0 aliphatic carbocycles. The molecule has 0 radical (unpaired) electrons. The minimum absolute atomic E-state index is 0.157. The van der Waals surface area contributed by atoms with Gasteiger partial charge in [-0.1, -0.05) is 31.9 Å². The Morgan fingerprint density at radius 1 is 1.14 bits per heavy atom. The van der Waals surface area contributed by atoms with Gasteiger partial charge in [0.1, 0.15) is 17.3 Å². The fourth-order valence-electron chi connectivity index (χ4n) is 4.46. The van der Waals surface area contributed by atoms with Crippen molar-refractivity contribution in [2.75, 3.05) is 18.5 Å². The number of H-pyrrole nitrogens is 1. The number of pyridine rings is 1. The monoisotopic (exact) mass is 505 g/mol. The number of esters is 1. The maximum atomic E-state index is 12.8. The van der Waals surface area contributed by atoms with E-state index in [4.69, 9.17) is 4.74 Å². The highest BCUT2D eigenvalue weighted by Crippen LogP contribution is 2.32. The summed E-state index contributed by atoms with van der Waals surface area (Å²) in [5, 5.41) is 12.5. The lowest BCUT2D eigenvalue weighted by molar-refractivity contribution is 0.0520. The molecule has 10 nitrogen and oxygen atoms in total. The average molecular weight is 506 g/mol. The van der Waals surface area contributed by atoms with E-state index in [1.807, 2.05) is 19.1 Å². The first-order valence-electron chi connectivity index (χ1n) is 12.5. The number of nitrogens with one attached hydrogen (secondary N) is 2. The lowest BCUT2D eigenvalue weighted by Crippen LogP contribution is -2.34. The third-order valence-electron chi connectivity index (χ3n) is 6.41. The van der Waals surface area contributed by atoms with Gasteiger partial charge in [-0.15, -0.1) is 0 Å². The van der Waals surface area contributed by atoms with E-state index < -0.39 is 18.1 Å². The smallest absolute Gasteiger partial charge is 0.407 e. The molecular formula is C27H31N5O5. The third kappa shape index (κ3) is 5.96. The van der Waals surface area contributed by atoms with E-state index in [-0.39, 0.29) is 18.2 Å². The van der Waals surface area contributed by atoms with E-state index in [0.717, 1.165) is 31.2 Å². The van der Waals surface area contributed by atoms with Crippen molar-refractivity contribution in [3.8, 4) is 11.3 Å². The van der Waals surface area contributed by atoms with Crippen LogP contribution in [-0.4, -0.2) is 56.1 Å². The number of anilines is 1. The lowest BCUT2D eigenvalue weighted by Gasteiger charge is -2.25. The maximum Gasteiger partial charge on any atom is 0.407 e. The van der Waals surface area contributed by atoms with Crippen molar-refractivity contribution < 1.29 is 24.2 Å². The van der Waals surface area contributed by atoms with Crippen LogP contribution in [0.1, 0.15) is 77.8 Å². The average Bonchev–Trinajstić information content (AvgIpc) is 3.19. The molecule has 37 heavy (non-hydrogen) atoms. The number of benzene rings is 1. The van der Waals surface area contributed by atoms with E-state index in [1.165, 1.54) is 4.90 Å². The molecule has 194 valence electrons. The van der Waals surface area contributed by atoms with Crippen molar-refractivity contribution in [1.29, 1.82) is 0 Å². The van der Waals surface area contributed by atoms with Gasteiger partial charge in [-0.25, -0.2) is 19.6 Å². The largest absolute Gasteiger partial charge is 0.465 e. The van der Waals surface area contributed by atoms with Crippen molar-refractivity contribution in [3.05, 3.63) is 65.2 Å². The van der Waals surface area contributed by atoms with Gasteiger partial charge in [0.2, 0.25) is 0 Å². The van der Waals surface area contributed by atoms with Gasteiger partial charge in [-0.05, 0) is 56.0 Å². The predicted octanol–water partition coefficient (Wildman–Crippen LogP) is 5.06. The molecule has 2 amide bonds. The zero-order valence-corrected chi connectivity index (χ0v) is 21.0. The first-order chi connectivity index (χ1) is 17.9. The number of aromatic nitrogens is 3. The van der Waals surface area contributed by atoms with Crippen LogP contribution in [0.5, 0.6) is 0 Å². The van der Waals surface area contributed by atoms with Crippen LogP contribution in [0.2, 0.25) is 0 Å². The second kappa shape index (κ2) is 11.7. The zero-order chi connectivity index (χ0) is 26.4. The molecule has 10 heteroatoms. The first-order valence-corrected chi connectivity index (χ1v) is 12.5. The Kier molecular flexibility index (Phi) is 8.17. The number of carbonyl (C=O) groups excluding carboxylic acids is 2. The molecule has 1 aliphatic rings. The van der Waals surface area contributed by atoms with E-state index in [2.05, 4.69) is 20.3 Å². The highest BCUT2D eigenvalue weighted by Gasteiger charge is 2.31. The summed E-state index contributed by atoms with van der Waals surface area (Å²) < 4.78 is 5.23. The molecule has 0 saturated carbocycles. The Labute approximate surface area is 215 Å². The molecule has 0 spiro atoms. The van der Waals surface area contributed by atoms with Gasteiger partial charge in [0.15, 0.2) is 5.69 Å². The van der Waals surface area contributed by atoms with Crippen molar-refractivity contribution in [3.63, 3.8) is 0 Å². The highest BCUT2D eigenvalue weighted by atomic mass is 16.5. The van der Waals surface area contributed by atoms with Gasteiger partial charge in [0.05, 0.1) is 12.6 Å². The molecule has 0 bridgehead atoms. The number of aromatic amines is 1. The van der Waals surface area contributed by atoms with Crippen LogP contribution in [0, 0.1) is 0 Å². The molecule has 1 saturated heterocycles. The molecule has 3 heterocycles. The molecule has 3 aromatic rings. The number of amides is 2. The third-order valence-corrected chi connectivity index (χ3v) is 6.41. The second-order valence-corrected chi connectivity index (χ2v) is 8.84. The van der Waals surface area contributed by atoms with E-state index in [1.54, 1.807) is 37.4 Å². The van der Waals surface area contributed by atoms with Crippen molar-refractivity contribution in [2.45, 2.75) is 52.0 Å². The fraction of sp³-hybridized carbons (Fsp3) is 0.370. The number of nitrogens with zero attached hydrogens (tertiary/aromatic N) is 3. The molecule has 0 unspecified atom stereocenters. The van der Waals surface area contributed by atoms with E-state index in [9.17, 15) is 19.5 Å². The molecular weight excluding hydrogens is 474 g/mol. The Hall–Kier alpha value is -4.21. The summed E-state index contributed by atoms with van der Waals surface area (Å²) in [6, 6.07) is 9.94. The van der Waals surface area contributed by atoms with Crippen LogP contribution >= 0.6 is 0 Å². The van der Waals surface area contributed by atoms with Crippen LogP contribution in [0.4, 0.5) is 10.6 Å². The summed E-state index contributed by atoms with van der Waals surface area (Å²) in [7, 11) is 0. The summed E-state index contributed by atoms with van der Waals surface area (Å²) in [4.78, 5) is 50.7. The highest BCUT2D eigenvalue weighted by molar-refractivity contribution is 6.04. The number of carbonyl (C=O) groups is 3. The standard InChI is InChI=1S/C27H31N5O5/c1-3-17-13-14-28-21(16-17)29-25(33)19-11-9-18(10-12-19)22-23(26(34)37-4-2)31-24(30-22)20-8-6-5-7-15-32(20)27(35)36/h9-14,16,20H,3-8,15H2,1-2H3,(H,30,31)(H,35,36)(H,28,29,33)/t20-/m0/s1. The summed E-state index contributed by atoms with van der Waals surface area (Å²) in [5.41, 5.74) is 2.60. The predicted molar refractivity (Wildman–Crippen MR) is 137 cm³/mol. The van der Waals surface area contributed by atoms with Crippen LogP contribution in [0.3, 0.4) is 0 Å². The van der Waals surface area contributed by atoms with E-state index in [0.29, 0.717) is 41.4 Å². The summed E-state index contributed by atoms with van der Waals surface area (Å²) in [6.07, 6.45) is 4.65. The summed E-state index contributed by atoms with van der Waals surface area (Å²) in [6.45, 7) is 4.33. The van der Waals surface area contributed by atoms with E-state index >= 15 is 0 Å². The van der Waals surface area contributed by atoms with Gasteiger partial charge >= 0.3 is 12.1 Å². The molecule has 2 aromatic heterocycles. The molecule has 1 aliphatic heterocycles. The number of hydrogen-bond donors (Lipinski definition) is 3. The number of hydrogen-bond acceptors (Lipinski definition) is 6. The first kappa shape index (κ1) is 25.9. The summed E-state index contributed by atoms with van der Waals surface area (Å²) in [5.74, 6) is -0.000886. The minimum atomic E-state index is -1.02. The second-order valence-electron chi connectivity index (χ2n) is 8.84. The van der Waals surface area contributed by atoms with Crippen LogP contribution in [0.25, 0.3) is 11.3 Å². The van der Waals surface area contributed by atoms with Gasteiger partial charge in [0, 0.05) is 23.9 Å². The quantitative estimate of drug-likeness (QED) is 0.382. The van der Waals surface area contributed by atoms with Crippen LogP contribution in [-0.2, 0) is 11.2 Å². The Morgan fingerprint density at radius 2 is 1.92 bits per heavy atom. The normalized spacial score (nSPS) is 15.6. The molecule has 3 N–H and O–H groups in total. The number of ether oxygens (including phenoxy) is 1. The molecule has 4 rings (SSSR count). The van der Waals surface area contributed by atoms with Crippen molar-refractivity contribution in [1.82, 2.24) is 19.9 Å². The fourth-order valence-corrected chi connectivity index (χ4v) is 4.46. The van der Waals surface area contributed by atoms with Gasteiger partial charge in [0.25, 0.3) is 5.91 Å². The van der Waals surface area contributed by atoms with Crippen LogP contribution in [0.15, 0.2) is 42.6 Å². The van der Waals surface area contributed by atoms with Crippen molar-refractivity contribution >= 4 is 23.8 Å². The molecule has 1 fully saturated rings. The minimum Gasteiger partial charge on any atom is -0.465 e. The van der Waals surface area contributed by atoms with Gasteiger partial charge in [-0.2, -0.15) is 0 Å². The zero-order valence-electron chi connectivity index (χ0n) is 21.0. The lowest BCUT2D eigenvalue weighted by atomic mass is 10.1. The van der Waals surface area contributed by atoms with Crippen molar-refractivity contribution in [2.24, 2.45) is 0 Å². The topological polar surface area (TPSA) is 138 Å². The number of carboxylic acid groups (broad SMARTS) is 1. The number of rotatable bonds is 7.